The van der Waals surface area contributed by atoms with Crippen LogP contribution >= 0.6 is 0 Å². The van der Waals surface area contributed by atoms with Crippen molar-refractivity contribution in [2.45, 2.75) is 51.6 Å². The van der Waals surface area contributed by atoms with E-state index < -0.39 is 0 Å². The normalized spacial score (nSPS) is 19.4. The average Bonchev–Trinajstić information content (AvgIpc) is 2.92. The second-order valence-corrected chi connectivity index (χ2v) is 5.14. The molecule has 1 fully saturated rings. The first-order chi connectivity index (χ1) is 9.26. The van der Waals surface area contributed by atoms with Crippen LogP contribution in [0.4, 0.5) is 0 Å². The first-order valence-electron chi connectivity index (χ1n) is 7.16. The molecule has 1 amide bonds. The molecule has 0 aromatic carbocycles. The molecule has 0 radical (unpaired) electrons. The molecule has 1 aromatic heterocycles. The van der Waals surface area contributed by atoms with Crippen LogP contribution in [0.15, 0.2) is 18.3 Å². The van der Waals surface area contributed by atoms with Gasteiger partial charge in [0.25, 0.3) is 0 Å². The molecule has 1 aliphatic heterocycles. The van der Waals surface area contributed by atoms with Crippen molar-refractivity contribution in [1.82, 2.24) is 9.47 Å². The van der Waals surface area contributed by atoms with Crippen LogP contribution in [0.2, 0.25) is 0 Å². The number of nitrogens with zero attached hydrogens (tertiary/aromatic N) is 2. The molecule has 1 atom stereocenters. The molecular weight excluding hydrogens is 240 g/mol. The first kappa shape index (κ1) is 13.8. The summed E-state index contributed by atoms with van der Waals surface area (Å²) in [7, 11) is 0. The summed E-state index contributed by atoms with van der Waals surface area (Å²) in [5.74, 6) is 0.220. The zero-order chi connectivity index (χ0) is 13.7. The predicted octanol–water partition coefficient (Wildman–Crippen LogP) is 2.48. The highest BCUT2D eigenvalue weighted by atomic mass is 16.2. The number of aryl methyl sites for hydroxylation is 1. The summed E-state index contributed by atoms with van der Waals surface area (Å²) in [5.41, 5.74) is 0.637. The quantitative estimate of drug-likeness (QED) is 0.765. The lowest BCUT2D eigenvalue weighted by Gasteiger charge is -2.35. The molecule has 1 unspecified atom stereocenters. The molecule has 19 heavy (non-hydrogen) atoms. The molecule has 0 N–H and O–H groups in total. The van der Waals surface area contributed by atoms with Gasteiger partial charge in [-0.15, -0.1) is 0 Å². The van der Waals surface area contributed by atoms with E-state index in [0.29, 0.717) is 24.7 Å². The first-order valence-corrected chi connectivity index (χ1v) is 7.16. The maximum Gasteiger partial charge on any atom is 0.224 e. The molecule has 2 heterocycles. The van der Waals surface area contributed by atoms with Crippen molar-refractivity contribution < 1.29 is 9.59 Å². The molecule has 1 aliphatic rings. The molecule has 0 spiro atoms. The Bertz CT molecular complexity index is 439. The van der Waals surface area contributed by atoms with Gasteiger partial charge in [0, 0.05) is 31.7 Å². The number of carbonyl (C=O) groups is 2. The highest BCUT2D eigenvalue weighted by Crippen LogP contribution is 2.20. The van der Waals surface area contributed by atoms with Crippen molar-refractivity contribution in [2.24, 2.45) is 0 Å². The Labute approximate surface area is 114 Å². The molecule has 104 valence electrons. The van der Waals surface area contributed by atoms with E-state index in [1.807, 2.05) is 21.7 Å². The van der Waals surface area contributed by atoms with Crippen LogP contribution in [-0.2, 0) is 11.3 Å². The Morgan fingerprint density at radius 2 is 2.32 bits per heavy atom. The van der Waals surface area contributed by atoms with E-state index in [1.165, 1.54) is 6.42 Å². The van der Waals surface area contributed by atoms with Crippen molar-refractivity contribution in [1.29, 1.82) is 0 Å². The molecule has 0 bridgehead atoms. The van der Waals surface area contributed by atoms with Gasteiger partial charge in [0.05, 0.1) is 5.69 Å². The van der Waals surface area contributed by atoms with Gasteiger partial charge in [-0.1, -0.05) is 6.92 Å². The van der Waals surface area contributed by atoms with Crippen LogP contribution in [0, 0.1) is 0 Å². The number of carbonyl (C=O) groups excluding carboxylic acids is 2. The zero-order valence-corrected chi connectivity index (χ0v) is 11.5. The van der Waals surface area contributed by atoms with E-state index >= 15 is 0 Å². The van der Waals surface area contributed by atoms with Gasteiger partial charge in [0.15, 0.2) is 6.29 Å². The predicted molar refractivity (Wildman–Crippen MR) is 74.1 cm³/mol. The fourth-order valence-corrected chi connectivity index (χ4v) is 2.85. The molecule has 1 aromatic rings. The van der Waals surface area contributed by atoms with Gasteiger partial charge < -0.3 is 9.47 Å². The molecule has 1 saturated heterocycles. The minimum absolute atomic E-state index is 0.220. The van der Waals surface area contributed by atoms with Crippen LogP contribution in [0.25, 0.3) is 0 Å². The van der Waals surface area contributed by atoms with Crippen molar-refractivity contribution in [3.63, 3.8) is 0 Å². The number of aldehydes is 1. The molecular formula is C15H22N2O2. The number of hydrogen-bond acceptors (Lipinski definition) is 2. The van der Waals surface area contributed by atoms with Crippen molar-refractivity contribution in [3.8, 4) is 0 Å². The van der Waals surface area contributed by atoms with Crippen LogP contribution < -0.4 is 0 Å². The fraction of sp³-hybridized carbons (Fsp3) is 0.600. The minimum atomic E-state index is 0.220. The van der Waals surface area contributed by atoms with Gasteiger partial charge in [-0.25, -0.2) is 0 Å². The Morgan fingerprint density at radius 3 is 3.05 bits per heavy atom. The third-order valence-corrected chi connectivity index (χ3v) is 3.97. The number of likely N-dealkylation sites (tertiary alicyclic amines) is 1. The summed E-state index contributed by atoms with van der Waals surface area (Å²) >= 11 is 0. The molecule has 4 heteroatoms. The van der Waals surface area contributed by atoms with E-state index in [9.17, 15) is 9.59 Å². The summed E-state index contributed by atoms with van der Waals surface area (Å²) in [5, 5.41) is 0. The third-order valence-electron chi connectivity index (χ3n) is 3.97. The van der Waals surface area contributed by atoms with E-state index in [4.69, 9.17) is 0 Å². The number of rotatable bonds is 5. The maximum atomic E-state index is 12.3. The second-order valence-electron chi connectivity index (χ2n) is 5.14. The van der Waals surface area contributed by atoms with Gasteiger partial charge in [0.1, 0.15) is 0 Å². The lowest BCUT2D eigenvalue weighted by molar-refractivity contribution is -0.135. The largest absolute Gasteiger partial charge is 0.345 e. The Kier molecular flexibility index (Phi) is 4.77. The summed E-state index contributed by atoms with van der Waals surface area (Å²) in [4.78, 5) is 25.1. The van der Waals surface area contributed by atoms with Crippen molar-refractivity contribution >= 4 is 12.2 Å². The summed E-state index contributed by atoms with van der Waals surface area (Å²) in [6, 6.07) is 4.02. The third kappa shape index (κ3) is 3.25. The molecule has 0 saturated carbocycles. The number of amides is 1. The van der Waals surface area contributed by atoms with Crippen LogP contribution in [0.3, 0.4) is 0 Å². The average molecular weight is 262 g/mol. The minimum Gasteiger partial charge on any atom is -0.345 e. The van der Waals surface area contributed by atoms with Gasteiger partial charge in [0.2, 0.25) is 5.91 Å². The van der Waals surface area contributed by atoms with Crippen molar-refractivity contribution in [3.05, 3.63) is 24.0 Å². The lowest BCUT2D eigenvalue weighted by atomic mass is 9.99. The molecule has 2 rings (SSSR count). The van der Waals surface area contributed by atoms with E-state index in [-0.39, 0.29) is 5.91 Å². The summed E-state index contributed by atoms with van der Waals surface area (Å²) in [6.45, 7) is 3.63. The standard InChI is InChI=1S/C15H22N2O2/c1-2-13-6-3-4-10-17(13)15(19)8-11-16-9-5-7-14(16)12-18/h5,7,9,12-13H,2-4,6,8,10-11H2,1H3. The number of piperidine rings is 1. The number of hydrogen-bond donors (Lipinski definition) is 0. The zero-order valence-electron chi connectivity index (χ0n) is 11.5. The van der Waals surface area contributed by atoms with Gasteiger partial charge in [-0.2, -0.15) is 0 Å². The SMILES string of the molecule is CCC1CCCCN1C(=O)CCn1cccc1C=O. The van der Waals surface area contributed by atoms with Crippen LogP contribution in [0.1, 0.15) is 49.5 Å². The lowest BCUT2D eigenvalue weighted by Crippen LogP contribution is -2.43. The van der Waals surface area contributed by atoms with E-state index in [1.54, 1.807) is 6.07 Å². The smallest absolute Gasteiger partial charge is 0.224 e. The highest BCUT2D eigenvalue weighted by Gasteiger charge is 2.24. The van der Waals surface area contributed by atoms with Gasteiger partial charge in [-0.3, -0.25) is 9.59 Å². The Morgan fingerprint density at radius 1 is 1.47 bits per heavy atom. The fourth-order valence-electron chi connectivity index (χ4n) is 2.85. The van der Waals surface area contributed by atoms with Gasteiger partial charge in [-0.05, 0) is 37.8 Å². The Hall–Kier alpha value is -1.58. The maximum absolute atomic E-state index is 12.3. The van der Waals surface area contributed by atoms with Crippen LogP contribution in [-0.4, -0.2) is 34.2 Å². The van der Waals surface area contributed by atoms with Gasteiger partial charge >= 0.3 is 0 Å². The second kappa shape index (κ2) is 6.55. The summed E-state index contributed by atoms with van der Waals surface area (Å²) in [6.07, 6.45) is 7.68. The number of aromatic nitrogens is 1. The monoisotopic (exact) mass is 262 g/mol. The summed E-state index contributed by atoms with van der Waals surface area (Å²) < 4.78 is 1.84. The Balaban J connectivity index is 1.91. The van der Waals surface area contributed by atoms with Crippen LogP contribution in [0.5, 0.6) is 0 Å². The van der Waals surface area contributed by atoms with E-state index in [0.717, 1.165) is 32.1 Å². The topological polar surface area (TPSA) is 42.3 Å². The molecule has 0 aliphatic carbocycles. The van der Waals surface area contributed by atoms with E-state index in [2.05, 4.69) is 6.92 Å². The van der Waals surface area contributed by atoms with Crippen molar-refractivity contribution in [2.75, 3.05) is 6.54 Å². The highest BCUT2D eigenvalue weighted by molar-refractivity contribution is 5.77. The molecule has 4 nitrogen and oxygen atoms in total.